The SMILES string of the molecule is CCC(O)C#Cc1ccc(C#CC(O)CC)o1. The highest BCUT2D eigenvalue weighted by atomic mass is 16.3. The van der Waals surface area contributed by atoms with Crippen molar-refractivity contribution in [2.45, 2.75) is 38.9 Å². The Morgan fingerprint density at radius 1 is 1.00 bits per heavy atom. The first-order valence-electron chi connectivity index (χ1n) is 5.64. The molecular weight excluding hydrogens is 216 g/mol. The maximum Gasteiger partial charge on any atom is 0.178 e. The van der Waals surface area contributed by atoms with Gasteiger partial charge in [-0.05, 0) is 36.8 Å². The van der Waals surface area contributed by atoms with Crippen molar-refractivity contribution in [1.82, 2.24) is 0 Å². The van der Waals surface area contributed by atoms with Crippen LogP contribution in [0.15, 0.2) is 16.5 Å². The van der Waals surface area contributed by atoms with Crippen LogP contribution in [-0.4, -0.2) is 22.4 Å². The van der Waals surface area contributed by atoms with Crippen LogP contribution in [0.1, 0.15) is 38.2 Å². The lowest BCUT2D eigenvalue weighted by atomic mass is 10.3. The fraction of sp³-hybridized carbons (Fsp3) is 0.429. The lowest BCUT2D eigenvalue weighted by Gasteiger charge is -1.93. The zero-order valence-electron chi connectivity index (χ0n) is 10.0. The Hall–Kier alpha value is -1.68. The van der Waals surface area contributed by atoms with Crippen molar-refractivity contribution in [3.63, 3.8) is 0 Å². The minimum Gasteiger partial charge on any atom is -0.439 e. The summed E-state index contributed by atoms with van der Waals surface area (Å²) in [6.07, 6.45) is -0.0836. The molecule has 2 atom stereocenters. The number of hydrogen-bond donors (Lipinski definition) is 2. The first kappa shape index (κ1) is 13.4. The smallest absolute Gasteiger partial charge is 0.178 e. The molecule has 0 aliphatic carbocycles. The molecule has 3 heteroatoms. The van der Waals surface area contributed by atoms with Crippen molar-refractivity contribution in [3.8, 4) is 23.7 Å². The predicted molar refractivity (Wildman–Crippen MR) is 65.1 cm³/mol. The number of aliphatic hydroxyl groups excluding tert-OH is 2. The molecule has 1 aromatic heterocycles. The second kappa shape index (κ2) is 6.81. The van der Waals surface area contributed by atoms with Gasteiger partial charge in [0, 0.05) is 0 Å². The van der Waals surface area contributed by atoms with E-state index < -0.39 is 12.2 Å². The maximum absolute atomic E-state index is 9.26. The van der Waals surface area contributed by atoms with E-state index in [-0.39, 0.29) is 0 Å². The summed E-state index contributed by atoms with van der Waals surface area (Å²) in [6.45, 7) is 3.70. The van der Waals surface area contributed by atoms with Gasteiger partial charge in [-0.15, -0.1) is 0 Å². The highest BCUT2D eigenvalue weighted by molar-refractivity contribution is 5.33. The molecule has 0 bridgehead atoms. The van der Waals surface area contributed by atoms with E-state index in [2.05, 4.69) is 23.7 Å². The first-order valence-corrected chi connectivity index (χ1v) is 5.64. The zero-order chi connectivity index (χ0) is 12.7. The van der Waals surface area contributed by atoms with E-state index in [1.165, 1.54) is 0 Å². The Morgan fingerprint density at radius 3 is 1.76 bits per heavy atom. The van der Waals surface area contributed by atoms with Crippen molar-refractivity contribution in [2.24, 2.45) is 0 Å². The summed E-state index contributed by atoms with van der Waals surface area (Å²) in [5.41, 5.74) is 0. The van der Waals surface area contributed by atoms with Gasteiger partial charge in [-0.1, -0.05) is 25.7 Å². The minimum absolute atomic E-state index is 0.466. The third-order valence-corrected chi connectivity index (χ3v) is 2.10. The van der Waals surface area contributed by atoms with Gasteiger partial charge in [0.15, 0.2) is 11.5 Å². The van der Waals surface area contributed by atoms with Gasteiger partial charge in [-0.2, -0.15) is 0 Å². The molecule has 1 aromatic rings. The molecule has 1 heterocycles. The van der Waals surface area contributed by atoms with Gasteiger partial charge in [0.05, 0.1) is 0 Å². The standard InChI is InChI=1S/C14H16O3/c1-3-11(15)5-7-13-9-10-14(17-13)8-6-12(16)4-2/h9-12,15-16H,3-4H2,1-2H3. The molecule has 0 amide bonds. The van der Waals surface area contributed by atoms with Crippen LogP contribution in [0.4, 0.5) is 0 Å². The van der Waals surface area contributed by atoms with Gasteiger partial charge in [0.2, 0.25) is 0 Å². The Kier molecular flexibility index (Phi) is 5.36. The highest BCUT2D eigenvalue weighted by Gasteiger charge is 1.98. The third kappa shape index (κ3) is 4.78. The Bertz CT molecular complexity index is 422. The number of furan rings is 1. The summed E-state index contributed by atoms with van der Waals surface area (Å²) in [7, 11) is 0. The molecule has 17 heavy (non-hydrogen) atoms. The van der Waals surface area contributed by atoms with Crippen LogP contribution >= 0.6 is 0 Å². The zero-order valence-corrected chi connectivity index (χ0v) is 10.0. The van der Waals surface area contributed by atoms with Gasteiger partial charge in [0.25, 0.3) is 0 Å². The van der Waals surface area contributed by atoms with E-state index in [9.17, 15) is 10.2 Å². The Morgan fingerprint density at radius 2 is 1.41 bits per heavy atom. The van der Waals surface area contributed by atoms with Gasteiger partial charge < -0.3 is 14.6 Å². The number of hydrogen-bond acceptors (Lipinski definition) is 3. The lowest BCUT2D eigenvalue weighted by molar-refractivity contribution is 0.228. The average Bonchev–Trinajstić information content (AvgIpc) is 2.80. The molecule has 0 spiro atoms. The van der Waals surface area contributed by atoms with Gasteiger partial charge >= 0.3 is 0 Å². The molecule has 0 fully saturated rings. The van der Waals surface area contributed by atoms with Crippen molar-refractivity contribution >= 4 is 0 Å². The number of rotatable bonds is 2. The van der Waals surface area contributed by atoms with E-state index in [4.69, 9.17) is 4.42 Å². The first-order chi connectivity index (χ1) is 8.15. The summed E-state index contributed by atoms with van der Waals surface area (Å²) in [4.78, 5) is 0. The summed E-state index contributed by atoms with van der Waals surface area (Å²) in [5, 5.41) is 18.5. The Labute approximate surface area is 101 Å². The molecule has 2 N–H and O–H groups in total. The van der Waals surface area contributed by atoms with Crippen LogP contribution in [0.2, 0.25) is 0 Å². The van der Waals surface area contributed by atoms with Crippen LogP contribution in [-0.2, 0) is 0 Å². The lowest BCUT2D eigenvalue weighted by Crippen LogP contribution is -1.98. The van der Waals surface area contributed by atoms with Crippen LogP contribution in [0.25, 0.3) is 0 Å². The summed E-state index contributed by atoms with van der Waals surface area (Å²) < 4.78 is 5.30. The largest absolute Gasteiger partial charge is 0.439 e. The molecule has 3 nitrogen and oxygen atoms in total. The fourth-order valence-corrected chi connectivity index (χ4v) is 0.985. The molecule has 0 aromatic carbocycles. The molecular formula is C14H16O3. The second-order valence-electron chi connectivity index (χ2n) is 3.55. The van der Waals surface area contributed by atoms with Gasteiger partial charge in [-0.25, -0.2) is 0 Å². The molecule has 0 aliphatic heterocycles. The summed E-state index contributed by atoms with van der Waals surface area (Å²) in [6, 6.07) is 3.38. The van der Waals surface area contributed by atoms with Crippen molar-refractivity contribution < 1.29 is 14.6 Å². The van der Waals surface area contributed by atoms with Crippen LogP contribution < -0.4 is 0 Å². The normalized spacial score (nSPS) is 12.9. The van der Waals surface area contributed by atoms with Gasteiger partial charge in [-0.3, -0.25) is 0 Å². The van der Waals surface area contributed by atoms with Crippen molar-refractivity contribution in [1.29, 1.82) is 0 Å². The predicted octanol–water partition coefficient (Wildman–Crippen LogP) is 1.52. The number of aliphatic hydroxyl groups is 2. The maximum atomic E-state index is 9.26. The van der Waals surface area contributed by atoms with E-state index in [1.54, 1.807) is 12.1 Å². The molecule has 2 unspecified atom stereocenters. The highest BCUT2D eigenvalue weighted by Crippen LogP contribution is 2.05. The quantitative estimate of drug-likeness (QED) is 0.760. The third-order valence-electron chi connectivity index (χ3n) is 2.10. The average molecular weight is 232 g/mol. The van der Waals surface area contributed by atoms with E-state index in [0.29, 0.717) is 24.4 Å². The molecule has 90 valence electrons. The van der Waals surface area contributed by atoms with Crippen molar-refractivity contribution in [3.05, 3.63) is 23.7 Å². The van der Waals surface area contributed by atoms with E-state index >= 15 is 0 Å². The van der Waals surface area contributed by atoms with Gasteiger partial charge in [0.1, 0.15) is 12.2 Å². The monoisotopic (exact) mass is 232 g/mol. The van der Waals surface area contributed by atoms with Crippen molar-refractivity contribution in [2.75, 3.05) is 0 Å². The molecule has 0 aliphatic rings. The van der Waals surface area contributed by atoms with Crippen LogP contribution in [0.3, 0.4) is 0 Å². The molecule has 0 saturated heterocycles. The van der Waals surface area contributed by atoms with Crippen LogP contribution in [0, 0.1) is 23.7 Å². The fourth-order valence-electron chi connectivity index (χ4n) is 0.985. The molecule has 0 saturated carbocycles. The second-order valence-corrected chi connectivity index (χ2v) is 3.55. The minimum atomic E-state index is -0.628. The summed E-state index contributed by atoms with van der Waals surface area (Å²) >= 11 is 0. The topological polar surface area (TPSA) is 53.6 Å². The molecule has 1 rings (SSSR count). The molecule has 0 radical (unpaired) electrons. The summed E-state index contributed by atoms with van der Waals surface area (Å²) in [5.74, 6) is 11.7. The van der Waals surface area contributed by atoms with E-state index in [1.807, 2.05) is 13.8 Å². The van der Waals surface area contributed by atoms with E-state index in [0.717, 1.165) is 0 Å². The Balaban J connectivity index is 2.70. The van der Waals surface area contributed by atoms with Crippen LogP contribution in [0.5, 0.6) is 0 Å².